The summed E-state index contributed by atoms with van der Waals surface area (Å²) in [4.78, 5) is 50.4. The zero-order valence-corrected chi connectivity index (χ0v) is 31.8. The van der Waals surface area contributed by atoms with Crippen molar-refractivity contribution >= 4 is 46.9 Å². The van der Waals surface area contributed by atoms with E-state index in [0.29, 0.717) is 16.3 Å². The molecular formula is C41H40ClF3N8O4. The number of nitrogens with zero attached hydrogens (tertiary/aromatic N) is 3. The number of aromatic nitrogens is 3. The number of carbonyl (C=O) groups excluding carboxylic acids is 3. The highest BCUT2D eigenvalue weighted by atomic mass is 35.5. The molecule has 0 atom stereocenters. The first kappa shape index (κ1) is 40.4. The van der Waals surface area contributed by atoms with E-state index in [4.69, 9.17) is 16.3 Å². The summed E-state index contributed by atoms with van der Waals surface area (Å²) >= 11 is 6.04. The van der Waals surface area contributed by atoms with Crippen LogP contribution in [0.5, 0.6) is 6.01 Å². The number of ether oxygens (including phenoxy) is 1. The minimum atomic E-state index is -4.61. The molecule has 1 aliphatic rings. The zero-order valence-electron chi connectivity index (χ0n) is 31.0. The number of anilines is 3. The van der Waals surface area contributed by atoms with E-state index in [9.17, 15) is 27.6 Å². The fourth-order valence-corrected chi connectivity index (χ4v) is 5.83. The number of hydrogen-bond acceptors (Lipinski definition) is 9. The maximum Gasteiger partial charge on any atom is 0.422 e. The van der Waals surface area contributed by atoms with Gasteiger partial charge in [0.2, 0.25) is 11.9 Å². The van der Waals surface area contributed by atoms with Crippen molar-refractivity contribution in [3.05, 3.63) is 125 Å². The largest absolute Gasteiger partial charge is 0.454 e. The van der Waals surface area contributed by atoms with Crippen molar-refractivity contribution in [1.29, 1.82) is 0 Å². The molecule has 3 amide bonds. The van der Waals surface area contributed by atoms with E-state index in [1.165, 1.54) is 0 Å². The fraction of sp³-hybridized carbons (Fsp3) is 0.268. The van der Waals surface area contributed by atoms with Crippen LogP contribution in [0.15, 0.2) is 103 Å². The highest BCUT2D eigenvalue weighted by Crippen LogP contribution is 2.48. The van der Waals surface area contributed by atoms with Gasteiger partial charge in [0.05, 0.1) is 5.54 Å². The van der Waals surface area contributed by atoms with Gasteiger partial charge in [0, 0.05) is 35.9 Å². The van der Waals surface area contributed by atoms with Crippen LogP contribution in [0.4, 0.5) is 30.8 Å². The summed E-state index contributed by atoms with van der Waals surface area (Å²) in [6.07, 6.45) is -3.14. The number of amides is 3. The predicted molar refractivity (Wildman–Crippen MR) is 210 cm³/mol. The normalized spacial score (nSPS) is 13.2. The molecule has 0 aliphatic heterocycles. The van der Waals surface area contributed by atoms with Crippen LogP contribution in [0, 0.1) is 5.41 Å². The van der Waals surface area contributed by atoms with Crippen LogP contribution in [-0.2, 0) is 21.7 Å². The van der Waals surface area contributed by atoms with Gasteiger partial charge >= 0.3 is 24.0 Å². The van der Waals surface area contributed by atoms with Gasteiger partial charge in [0.1, 0.15) is 0 Å². The van der Waals surface area contributed by atoms with E-state index < -0.39 is 41.6 Å². The Bertz CT molecular complexity index is 2180. The Morgan fingerprint density at radius 2 is 1.35 bits per heavy atom. The molecule has 0 bridgehead atoms. The summed E-state index contributed by atoms with van der Waals surface area (Å²) < 4.78 is 43.8. The Balaban J connectivity index is 0.988. The van der Waals surface area contributed by atoms with E-state index in [2.05, 4.69) is 41.5 Å². The van der Waals surface area contributed by atoms with Crippen molar-refractivity contribution < 1.29 is 32.3 Å². The van der Waals surface area contributed by atoms with Gasteiger partial charge in [-0.1, -0.05) is 92.2 Å². The van der Waals surface area contributed by atoms with Gasteiger partial charge in [-0.05, 0) is 76.9 Å². The molecular weight excluding hydrogens is 761 g/mol. The maximum atomic E-state index is 13.0. The van der Waals surface area contributed by atoms with Crippen molar-refractivity contribution in [3.8, 4) is 17.1 Å². The fourth-order valence-electron chi connectivity index (χ4n) is 5.70. The van der Waals surface area contributed by atoms with Gasteiger partial charge in [0.25, 0.3) is 5.91 Å². The summed E-state index contributed by atoms with van der Waals surface area (Å²) in [5.74, 6) is -2.01. The Labute approximate surface area is 332 Å². The maximum absolute atomic E-state index is 13.0. The van der Waals surface area contributed by atoms with Crippen LogP contribution in [0.3, 0.4) is 0 Å². The van der Waals surface area contributed by atoms with Crippen LogP contribution >= 0.6 is 11.6 Å². The van der Waals surface area contributed by atoms with Gasteiger partial charge < -0.3 is 31.3 Å². The standard InChI is InChI=1S/C41H40ClF3N8O4/c1-39(2,24-48-35(56)34(55)46-22-26-8-10-28(11-9-26)27-6-4-3-5-7-27)23-47-33(54)29-12-18-32(19-13-29)49-36-50-37(52-38(51-36)57-25-41(43,44)45)53-40(20-21-40)30-14-16-31(42)17-15-30/h3-19H,20-25H2,1-2H3,(H,46,55)(H,47,54)(H,48,56)(H2,49,50,51,52,53). The van der Waals surface area contributed by atoms with Crippen molar-refractivity contribution in [2.24, 2.45) is 5.41 Å². The highest BCUT2D eigenvalue weighted by molar-refractivity contribution is 6.35. The number of hydrogen-bond donors (Lipinski definition) is 5. The summed E-state index contributed by atoms with van der Waals surface area (Å²) in [7, 11) is 0. The average molecular weight is 801 g/mol. The van der Waals surface area contributed by atoms with Gasteiger partial charge in [-0.2, -0.15) is 28.1 Å². The average Bonchev–Trinajstić information content (AvgIpc) is 3.98. The second kappa shape index (κ2) is 17.3. The highest BCUT2D eigenvalue weighted by Gasteiger charge is 2.45. The number of alkyl halides is 3. The van der Waals surface area contributed by atoms with Crippen LogP contribution in [0.1, 0.15) is 48.2 Å². The first-order valence-electron chi connectivity index (χ1n) is 18.0. The molecule has 1 aromatic heterocycles. The molecule has 6 rings (SSSR count). The number of halogens is 4. The van der Waals surface area contributed by atoms with E-state index in [0.717, 1.165) is 35.1 Å². The quantitative estimate of drug-likeness (QED) is 0.0693. The Kier molecular flexibility index (Phi) is 12.3. The first-order valence-corrected chi connectivity index (χ1v) is 18.4. The SMILES string of the molecule is CC(C)(CNC(=O)C(=O)NCc1ccc(-c2ccccc2)cc1)CNC(=O)c1ccc(Nc2nc(NC3(c4ccc(Cl)cc4)CC3)nc(OCC(F)(F)F)n2)cc1. The van der Waals surface area contributed by atoms with Gasteiger partial charge in [0.15, 0.2) is 6.61 Å². The minimum absolute atomic E-state index is 0.0116. The van der Waals surface area contributed by atoms with Crippen LogP contribution in [0.25, 0.3) is 11.1 Å². The van der Waals surface area contributed by atoms with E-state index in [1.54, 1.807) is 36.4 Å². The van der Waals surface area contributed by atoms with E-state index in [1.807, 2.05) is 80.6 Å². The van der Waals surface area contributed by atoms with Crippen molar-refractivity contribution in [1.82, 2.24) is 30.9 Å². The third kappa shape index (κ3) is 11.6. The Morgan fingerprint density at radius 3 is 2.00 bits per heavy atom. The molecule has 1 aliphatic carbocycles. The van der Waals surface area contributed by atoms with Crippen LogP contribution < -0.4 is 31.3 Å². The zero-order chi connectivity index (χ0) is 40.6. The Hall–Kier alpha value is -6.22. The lowest BCUT2D eigenvalue weighted by Crippen LogP contribution is -2.46. The third-order valence-electron chi connectivity index (χ3n) is 9.06. The van der Waals surface area contributed by atoms with Crippen molar-refractivity contribution in [2.45, 2.75) is 44.9 Å². The molecule has 1 heterocycles. The van der Waals surface area contributed by atoms with Crippen LogP contribution in [-0.4, -0.2) is 58.5 Å². The van der Waals surface area contributed by atoms with E-state index in [-0.39, 0.29) is 37.4 Å². The molecule has 57 heavy (non-hydrogen) atoms. The predicted octanol–water partition coefficient (Wildman–Crippen LogP) is 7.17. The van der Waals surface area contributed by atoms with Crippen molar-refractivity contribution in [3.63, 3.8) is 0 Å². The van der Waals surface area contributed by atoms with Crippen molar-refractivity contribution in [2.75, 3.05) is 30.3 Å². The van der Waals surface area contributed by atoms with Crippen LogP contribution in [0.2, 0.25) is 5.02 Å². The minimum Gasteiger partial charge on any atom is -0.454 e. The van der Waals surface area contributed by atoms with Gasteiger partial charge in [-0.25, -0.2) is 0 Å². The lowest BCUT2D eigenvalue weighted by molar-refractivity contribution is -0.154. The molecule has 5 aromatic rings. The summed E-state index contributed by atoms with van der Waals surface area (Å²) in [5, 5.41) is 14.8. The third-order valence-corrected chi connectivity index (χ3v) is 9.31. The molecule has 296 valence electrons. The number of benzene rings is 4. The molecule has 0 saturated heterocycles. The molecule has 16 heteroatoms. The lowest BCUT2D eigenvalue weighted by Gasteiger charge is -2.25. The molecule has 0 unspecified atom stereocenters. The molecule has 12 nitrogen and oxygen atoms in total. The topological polar surface area (TPSA) is 159 Å². The summed E-state index contributed by atoms with van der Waals surface area (Å²) in [6, 6.07) is 30.5. The second-order valence-electron chi connectivity index (χ2n) is 14.4. The van der Waals surface area contributed by atoms with E-state index >= 15 is 0 Å². The lowest BCUT2D eigenvalue weighted by atomic mass is 9.93. The molecule has 5 N–H and O–H groups in total. The monoisotopic (exact) mass is 800 g/mol. The van der Waals surface area contributed by atoms with Gasteiger partial charge in [-0.3, -0.25) is 14.4 Å². The summed E-state index contributed by atoms with van der Waals surface area (Å²) in [6.45, 7) is 2.56. The number of nitrogens with one attached hydrogen (secondary N) is 5. The molecule has 1 saturated carbocycles. The number of carbonyl (C=O) groups is 3. The second-order valence-corrected chi connectivity index (χ2v) is 14.8. The molecule has 0 radical (unpaired) electrons. The Morgan fingerprint density at radius 1 is 0.737 bits per heavy atom. The molecule has 1 fully saturated rings. The molecule has 4 aromatic carbocycles. The number of rotatable bonds is 15. The smallest absolute Gasteiger partial charge is 0.422 e. The van der Waals surface area contributed by atoms with Gasteiger partial charge in [-0.15, -0.1) is 0 Å². The first-order chi connectivity index (χ1) is 27.2. The molecule has 0 spiro atoms. The summed E-state index contributed by atoms with van der Waals surface area (Å²) in [5.41, 5.74) is 3.51.